The number of carboxylic acid groups (broad SMARTS) is 1. The van der Waals surface area contributed by atoms with Gasteiger partial charge in [0.1, 0.15) is 11.5 Å². The first-order chi connectivity index (χ1) is 16.5. The van der Waals surface area contributed by atoms with Gasteiger partial charge in [0, 0.05) is 41.2 Å². The molecular formula is C28H30N2O4. The van der Waals surface area contributed by atoms with Crippen LogP contribution >= 0.6 is 0 Å². The molecule has 1 aromatic heterocycles. The summed E-state index contributed by atoms with van der Waals surface area (Å²) < 4.78 is 12.5. The first kappa shape index (κ1) is 21.4. The zero-order chi connectivity index (χ0) is 23.4. The van der Waals surface area contributed by atoms with Crippen molar-refractivity contribution in [3.8, 4) is 11.3 Å². The Hall–Kier alpha value is -3.12. The van der Waals surface area contributed by atoms with E-state index in [0.717, 1.165) is 54.9 Å². The van der Waals surface area contributed by atoms with Crippen molar-refractivity contribution in [2.75, 3.05) is 11.4 Å². The molecule has 0 amide bonds. The van der Waals surface area contributed by atoms with Crippen LogP contribution in [0.5, 0.6) is 0 Å². The van der Waals surface area contributed by atoms with Crippen molar-refractivity contribution in [3.05, 3.63) is 70.5 Å². The van der Waals surface area contributed by atoms with Crippen molar-refractivity contribution in [1.29, 1.82) is 0 Å². The van der Waals surface area contributed by atoms with Crippen LogP contribution < -0.4 is 4.90 Å². The van der Waals surface area contributed by atoms with Crippen molar-refractivity contribution in [3.63, 3.8) is 0 Å². The molecule has 2 saturated carbocycles. The molecule has 34 heavy (non-hydrogen) atoms. The summed E-state index contributed by atoms with van der Waals surface area (Å²) in [4.78, 5) is 13.6. The highest BCUT2D eigenvalue weighted by molar-refractivity contribution is 5.88. The predicted octanol–water partition coefficient (Wildman–Crippen LogP) is 5.72. The number of aromatic carboxylic acids is 1. The molecule has 3 aliphatic rings. The third-order valence-electron chi connectivity index (χ3n) is 7.85. The number of hydrogen-bond donors (Lipinski definition) is 1. The van der Waals surface area contributed by atoms with Crippen LogP contribution in [0.25, 0.3) is 11.3 Å². The highest BCUT2D eigenvalue weighted by Gasteiger charge is 2.45. The fourth-order valence-electron chi connectivity index (χ4n) is 5.92. The standard InChI is InChI=1S/C28H30N2O4/c1-16-4-3-5-17(2)25(16)26-23(27(34-29-26)18-6-7-18)15-33-24-13-22-12-20(24)14-30(22)21-10-8-19(9-11-21)28(31)32/h3-5,8-11,18,20,22,24H,6-7,12-15H2,1-2H3,(H,31,32)/t20-,22-,24+/m0/s1. The lowest BCUT2D eigenvalue weighted by molar-refractivity contribution is 0.0122. The number of carbonyl (C=O) groups is 1. The second kappa shape index (κ2) is 8.27. The summed E-state index contributed by atoms with van der Waals surface area (Å²) in [5, 5.41) is 13.7. The van der Waals surface area contributed by atoms with Gasteiger partial charge in [0.15, 0.2) is 0 Å². The van der Waals surface area contributed by atoms with E-state index in [4.69, 9.17) is 14.4 Å². The summed E-state index contributed by atoms with van der Waals surface area (Å²) in [6.45, 7) is 5.75. The molecule has 6 rings (SSSR count). The Labute approximate surface area is 199 Å². The van der Waals surface area contributed by atoms with Gasteiger partial charge in [-0.2, -0.15) is 0 Å². The second-order valence-electron chi connectivity index (χ2n) is 10.2. The molecule has 3 aromatic rings. The van der Waals surface area contributed by atoms with E-state index in [1.165, 1.54) is 16.7 Å². The van der Waals surface area contributed by atoms with E-state index < -0.39 is 5.97 Å². The first-order valence-corrected chi connectivity index (χ1v) is 12.3. The normalized spacial score (nSPS) is 23.6. The monoisotopic (exact) mass is 458 g/mol. The molecule has 1 aliphatic heterocycles. The predicted molar refractivity (Wildman–Crippen MR) is 129 cm³/mol. The average Bonchev–Trinajstić information content (AvgIpc) is 3.28. The fourth-order valence-corrected chi connectivity index (χ4v) is 5.92. The van der Waals surface area contributed by atoms with Gasteiger partial charge in [-0.3, -0.25) is 0 Å². The third kappa shape index (κ3) is 3.70. The molecule has 176 valence electrons. The molecule has 2 bridgehead atoms. The number of hydrogen-bond acceptors (Lipinski definition) is 5. The Bertz CT molecular complexity index is 1210. The highest BCUT2D eigenvalue weighted by atomic mass is 16.5. The Balaban J connectivity index is 1.17. The number of anilines is 1. The number of piperidine rings is 1. The van der Waals surface area contributed by atoms with Crippen molar-refractivity contribution in [1.82, 2.24) is 5.16 Å². The number of benzene rings is 2. The molecule has 3 fully saturated rings. The smallest absolute Gasteiger partial charge is 0.335 e. The Morgan fingerprint density at radius 3 is 2.47 bits per heavy atom. The SMILES string of the molecule is Cc1cccc(C)c1-c1noc(C2CC2)c1CO[C@@H]1C[C@@H]2C[C@H]1CN2c1ccc(C(=O)O)cc1. The van der Waals surface area contributed by atoms with E-state index in [9.17, 15) is 4.79 Å². The highest BCUT2D eigenvalue weighted by Crippen LogP contribution is 2.46. The zero-order valence-electron chi connectivity index (χ0n) is 19.7. The second-order valence-corrected chi connectivity index (χ2v) is 10.2. The van der Waals surface area contributed by atoms with Crippen LogP contribution in [0.4, 0.5) is 5.69 Å². The van der Waals surface area contributed by atoms with Gasteiger partial charge in [0.2, 0.25) is 0 Å². The fraction of sp³-hybridized carbons (Fsp3) is 0.429. The minimum absolute atomic E-state index is 0.229. The van der Waals surface area contributed by atoms with Gasteiger partial charge >= 0.3 is 5.97 Å². The van der Waals surface area contributed by atoms with Gasteiger partial charge in [-0.05, 0) is 74.9 Å². The van der Waals surface area contributed by atoms with Gasteiger partial charge in [0.05, 0.1) is 18.3 Å². The number of fused-ring (bicyclic) bond motifs is 2. The molecular weight excluding hydrogens is 428 g/mol. The molecule has 0 unspecified atom stereocenters. The van der Waals surface area contributed by atoms with Gasteiger partial charge < -0.3 is 19.3 Å². The summed E-state index contributed by atoms with van der Waals surface area (Å²) in [5.41, 5.74) is 7.09. The Kier molecular flexibility index (Phi) is 5.21. The summed E-state index contributed by atoms with van der Waals surface area (Å²) in [6, 6.07) is 14.0. The van der Waals surface area contributed by atoms with E-state index in [-0.39, 0.29) is 6.10 Å². The van der Waals surface area contributed by atoms with E-state index >= 15 is 0 Å². The van der Waals surface area contributed by atoms with Crippen LogP contribution in [0.1, 0.15) is 64.4 Å². The number of aryl methyl sites for hydroxylation is 2. The lowest BCUT2D eigenvalue weighted by Gasteiger charge is -2.33. The average molecular weight is 459 g/mol. The van der Waals surface area contributed by atoms with Crippen molar-refractivity contribution >= 4 is 11.7 Å². The largest absolute Gasteiger partial charge is 0.478 e. The minimum Gasteiger partial charge on any atom is -0.478 e. The quantitative estimate of drug-likeness (QED) is 0.488. The number of rotatable bonds is 7. The van der Waals surface area contributed by atoms with Crippen LogP contribution in [0.3, 0.4) is 0 Å². The maximum Gasteiger partial charge on any atom is 0.335 e. The van der Waals surface area contributed by atoms with Crippen LogP contribution in [0, 0.1) is 19.8 Å². The van der Waals surface area contributed by atoms with Gasteiger partial charge in [-0.15, -0.1) is 0 Å². The minimum atomic E-state index is -0.887. The van der Waals surface area contributed by atoms with Crippen LogP contribution in [-0.2, 0) is 11.3 Å². The molecule has 6 nitrogen and oxygen atoms in total. The molecule has 0 spiro atoms. The van der Waals surface area contributed by atoms with Gasteiger partial charge in [-0.1, -0.05) is 23.4 Å². The molecule has 1 N–H and O–H groups in total. The molecule has 2 aliphatic carbocycles. The lowest BCUT2D eigenvalue weighted by Crippen LogP contribution is -2.38. The Morgan fingerprint density at radius 2 is 1.85 bits per heavy atom. The number of aromatic nitrogens is 1. The van der Waals surface area contributed by atoms with Crippen LogP contribution in [-0.4, -0.2) is 34.9 Å². The maximum atomic E-state index is 11.2. The molecule has 3 atom stereocenters. The van der Waals surface area contributed by atoms with E-state index in [0.29, 0.717) is 30.0 Å². The van der Waals surface area contributed by atoms with E-state index in [2.05, 4.69) is 42.1 Å². The molecule has 2 heterocycles. The summed E-state index contributed by atoms with van der Waals surface area (Å²) >= 11 is 0. The van der Waals surface area contributed by atoms with Crippen LogP contribution in [0.2, 0.25) is 0 Å². The molecule has 6 heteroatoms. The zero-order valence-corrected chi connectivity index (χ0v) is 19.7. The summed E-state index contributed by atoms with van der Waals surface area (Å²) in [5.74, 6) is 1.09. The van der Waals surface area contributed by atoms with Gasteiger partial charge in [-0.25, -0.2) is 4.79 Å². The number of carboxylic acids is 1. The van der Waals surface area contributed by atoms with Crippen molar-refractivity contribution in [2.45, 2.75) is 64.2 Å². The van der Waals surface area contributed by atoms with E-state index in [1.54, 1.807) is 12.1 Å². The van der Waals surface area contributed by atoms with Crippen molar-refractivity contribution in [2.24, 2.45) is 5.92 Å². The van der Waals surface area contributed by atoms with E-state index in [1.807, 2.05) is 12.1 Å². The van der Waals surface area contributed by atoms with Crippen LogP contribution in [0.15, 0.2) is 47.0 Å². The summed E-state index contributed by atoms with van der Waals surface area (Å²) in [6.07, 6.45) is 4.67. The molecule has 0 radical (unpaired) electrons. The molecule has 2 aromatic carbocycles. The maximum absolute atomic E-state index is 11.2. The topological polar surface area (TPSA) is 75.8 Å². The number of nitrogens with zero attached hydrogens (tertiary/aromatic N) is 2. The lowest BCUT2D eigenvalue weighted by atomic mass is 9.96. The Morgan fingerprint density at radius 1 is 1.12 bits per heavy atom. The summed E-state index contributed by atoms with van der Waals surface area (Å²) in [7, 11) is 0. The first-order valence-electron chi connectivity index (χ1n) is 12.3. The number of ether oxygens (including phenoxy) is 1. The third-order valence-corrected chi connectivity index (χ3v) is 7.85. The molecule has 1 saturated heterocycles. The van der Waals surface area contributed by atoms with Gasteiger partial charge in [0.25, 0.3) is 0 Å². The van der Waals surface area contributed by atoms with Crippen molar-refractivity contribution < 1.29 is 19.2 Å².